The van der Waals surface area contributed by atoms with E-state index in [1.165, 1.54) is 0 Å². The second kappa shape index (κ2) is 3.73. The minimum atomic E-state index is -1.04. The highest BCUT2D eigenvalue weighted by atomic mass is 16.5. The van der Waals surface area contributed by atoms with E-state index in [0.717, 1.165) is 0 Å². The number of rotatable bonds is 2. The van der Waals surface area contributed by atoms with Gasteiger partial charge in [-0.3, -0.25) is 9.59 Å². The molecule has 2 rings (SSSR count). The summed E-state index contributed by atoms with van der Waals surface area (Å²) in [6, 6.07) is 1.64. The zero-order valence-electron chi connectivity index (χ0n) is 9.02. The number of carbonyl (C=O) groups is 2. The predicted octanol–water partition coefficient (Wildman–Crippen LogP) is 1.45. The summed E-state index contributed by atoms with van der Waals surface area (Å²) in [6.45, 7) is 1.72. The fourth-order valence-electron chi connectivity index (χ4n) is 2.13. The first-order valence-electron chi connectivity index (χ1n) is 5.23. The van der Waals surface area contributed by atoms with Crippen molar-refractivity contribution in [1.82, 2.24) is 5.16 Å². The van der Waals surface area contributed by atoms with Gasteiger partial charge in [-0.25, -0.2) is 0 Å². The number of aliphatic carboxylic acids is 1. The maximum atomic E-state index is 11.4. The van der Waals surface area contributed by atoms with E-state index < -0.39 is 11.4 Å². The second-order valence-electron chi connectivity index (χ2n) is 4.25. The highest BCUT2D eigenvalue weighted by Crippen LogP contribution is 2.38. The lowest BCUT2D eigenvalue weighted by Gasteiger charge is -2.30. The Morgan fingerprint density at radius 3 is 2.56 bits per heavy atom. The highest BCUT2D eigenvalue weighted by molar-refractivity contribution is 5.87. The summed E-state index contributed by atoms with van der Waals surface area (Å²) in [6.07, 6.45) is 1.23. The van der Waals surface area contributed by atoms with Gasteiger partial charge in [0.15, 0.2) is 0 Å². The molecule has 86 valence electrons. The van der Waals surface area contributed by atoms with Crippen LogP contribution in [-0.4, -0.2) is 22.0 Å². The summed E-state index contributed by atoms with van der Waals surface area (Å²) in [5.74, 6) is -0.210. The first-order valence-corrected chi connectivity index (χ1v) is 5.23. The van der Waals surface area contributed by atoms with Crippen LogP contribution >= 0.6 is 0 Å². The summed E-state index contributed by atoms with van der Waals surface area (Å²) >= 11 is 0. The standard InChI is InChI=1S/C11H13NO4/c1-7-6-9(12-16-7)11(10(14)15)4-2-8(13)3-5-11/h6H,2-5H2,1H3,(H,14,15). The molecule has 0 unspecified atom stereocenters. The minimum Gasteiger partial charge on any atom is -0.481 e. The smallest absolute Gasteiger partial charge is 0.315 e. The first kappa shape index (κ1) is 10.9. The number of carboxylic acid groups (broad SMARTS) is 1. The molecule has 0 atom stereocenters. The Hall–Kier alpha value is -1.65. The van der Waals surface area contributed by atoms with Gasteiger partial charge in [-0.15, -0.1) is 0 Å². The Labute approximate surface area is 92.4 Å². The molecule has 1 aromatic heterocycles. The molecule has 1 fully saturated rings. The Morgan fingerprint density at radius 2 is 2.12 bits per heavy atom. The zero-order chi connectivity index (χ0) is 11.8. The van der Waals surface area contributed by atoms with E-state index >= 15 is 0 Å². The molecule has 0 aromatic carbocycles. The van der Waals surface area contributed by atoms with Crippen molar-refractivity contribution >= 4 is 11.8 Å². The predicted molar refractivity (Wildman–Crippen MR) is 54.0 cm³/mol. The van der Waals surface area contributed by atoms with Crippen molar-refractivity contribution in [2.45, 2.75) is 38.0 Å². The number of hydrogen-bond acceptors (Lipinski definition) is 4. The monoisotopic (exact) mass is 223 g/mol. The maximum absolute atomic E-state index is 11.4. The quantitative estimate of drug-likeness (QED) is 0.820. The highest BCUT2D eigenvalue weighted by Gasteiger charge is 2.45. The van der Waals surface area contributed by atoms with Crippen LogP contribution in [0.25, 0.3) is 0 Å². The number of nitrogens with zero attached hydrogens (tertiary/aromatic N) is 1. The SMILES string of the molecule is Cc1cc(C2(C(=O)O)CCC(=O)CC2)no1. The summed E-state index contributed by atoms with van der Waals surface area (Å²) in [4.78, 5) is 22.6. The van der Waals surface area contributed by atoms with Gasteiger partial charge in [-0.2, -0.15) is 0 Å². The van der Waals surface area contributed by atoms with E-state index in [0.29, 0.717) is 37.1 Å². The fraction of sp³-hybridized carbons (Fsp3) is 0.545. The fourth-order valence-corrected chi connectivity index (χ4v) is 2.13. The van der Waals surface area contributed by atoms with Crippen LogP contribution in [0.2, 0.25) is 0 Å². The Bertz CT molecular complexity index is 425. The summed E-state index contributed by atoms with van der Waals surface area (Å²) in [5.41, 5.74) is -0.601. The van der Waals surface area contributed by atoms with Crippen molar-refractivity contribution in [2.75, 3.05) is 0 Å². The van der Waals surface area contributed by atoms with Crippen LogP contribution in [0.4, 0.5) is 0 Å². The van der Waals surface area contributed by atoms with Gasteiger partial charge < -0.3 is 9.63 Å². The molecule has 5 nitrogen and oxygen atoms in total. The summed E-state index contributed by atoms with van der Waals surface area (Å²) in [7, 11) is 0. The van der Waals surface area contributed by atoms with Crippen molar-refractivity contribution in [3.8, 4) is 0 Å². The van der Waals surface area contributed by atoms with Crippen LogP contribution in [-0.2, 0) is 15.0 Å². The number of Topliss-reactive ketones (excluding diaryl/α,β-unsaturated/α-hetero) is 1. The molecule has 0 bridgehead atoms. The lowest BCUT2D eigenvalue weighted by atomic mass is 9.71. The topological polar surface area (TPSA) is 80.4 Å². The molecule has 1 aliphatic carbocycles. The minimum absolute atomic E-state index is 0.122. The Balaban J connectivity index is 2.36. The molecule has 5 heteroatoms. The van der Waals surface area contributed by atoms with E-state index in [9.17, 15) is 14.7 Å². The van der Waals surface area contributed by atoms with Gasteiger partial charge in [-0.05, 0) is 19.8 Å². The molecule has 0 amide bonds. The number of hydrogen-bond donors (Lipinski definition) is 1. The van der Waals surface area contributed by atoms with E-state index in [-0.39, 0.29) is 5.78 Å². The van der Waals surface area contributed by atoms with Gasteiger partial charge in [0.1, 0.15) is 22.7 Å². The Kier molecular flexibility index (Phi) is 2.53. The molecule has 1 aliphatic rings. The third-order valence-electron chi connectivity index (χ3n) is 3.19. The van der Waals surface area contributed by atoms with Crippen LogP contribution in [0.15, 0.2) is 10.6 Å². The third kappa shape index (κ3) is 1.62. The van der Waals surface area contributed by atoms with Gasteiger partial charge in [-0.1, -0.05) is 5.16 Å². The van der Waals surface area contributed by atoms with Gasteiger partial charge in [0, 0.05) is 18.9 Å². The van der Waals surface area contributed by atoms with Crippen molar-refractivity contribution in [3.63, 3.8) is 0 Å². The third-order valence-corrected chi connectivity index (χ3v) is 3.19. The summed E-state index contributed by atoms with van der Waals surface area (Å²) in [5, 5.41) is 13.1. The van der Waals surface area contributed by atoms with Crippen molar-refractivity contribution < 1.29 is 19.2 Å². The molecule has 0 saturated heterocycles. The second-order valence-corrected chi connectivity index (χ2v) is 4.25. The molecule has 1 heterocycles. The summed E-state index contributed by atoms with van der Waals surface area (Å²) < 4.78 is 4.92. The first-order chi connectivity index (χ1) is 7.54. The molecule has 1 N–H and O–H groups in total. The zero-order valence-corrected chi connectivity index (χ0v) is 9.02. The number of carbonyl (C=O) groups excluding carboxylic acids is 1. The molecular weight excluding hydrogens is 210 g/mol. The van der Waals surface area contributed by atoms with Gasteiger partial charge >= 0.3 is 5.97 Å². The van der Waals surface area contributed by atoms with E-state index in [4.69, 9.17) is 4.52 Å². The largest absolute Gasteiger partial charge is 0.481 e. The van der Waals surface area contributed by atoms with Gasteiger partial charge in [0.25, 0.3) is 0 Å². The van der Waals surface area contributed by atoms with Gasteiger partial charge in [0.2, 0.25) is 0 Å². The lowest BCUT2D eigenvalue weighted by molar-refractivity contribution is -0.146. The maximum Gasteiger partial charge on any atom is 0.315 e. The molecule has 1 saturated carbocycles. The van der Waals surface area contributed by atoms with Crippen molar-refractivity contribution in [1.29, 1.82) is 0 Å². The number of carboxylic acids is 1. The molecule has 16 heavy (non-hydrogen) atoms. The number of ketones is 1. The molecule has 0 radical (unpaired) electrons. The average molecular weight is 223 g/mol. The normalized spacial score (nSPS) is 19.7. The molecule has 0 spiro atoms. The molecular formula is C11H13NO4. The lowest BCUT2D eigenvalue weighted by Crippen LogP contribution is -2.40. The van der Waals surface area contributed by atoms with E-state index in [2.05, 4.69) is 5.16 Å². The molecule has 1 aromatic rings. The number of aryl methyl sites for hydroxylation is 1. The van der Waals surface area contributed by atoms with Crippen LogP contribution in [0.3, 0.4) is 0 Å². The van der Waals surface area contributed by atoms with Crippen molar-refractivity contribution in [3.05, 3.63) is 17.5 Å². The Morgan fingerprint density at radius 1 is 1.50 bits per heavy atom. The average Bonchev–Trinajstić information content (AvgIpc) is 2.66. The number of aromatic nitrogens is 1. The van der Waals surface area contributed by atoms with E-state index in [1.807, 2.05) is 0 Å². The van der Waals surface area contributed by atoms with Crippen molar-refractivity contribution in [2.24, 2.45) is 0 Å². The van der Waals surface area contributed by atoms with Crippen LogP contribution in [0, 0.1) is 6.92 Å². The van der Waals surface area contributed by atoms with Crippen LogP contribution < -0.4 is 0 Å². The van der Waals surface area contributed by atoms with Crippen LogP contribution in [0.1, 0.15) is 37.1 Å². The molecule has 0 aliphatic heterocycles. The van der Waals surface area contributed by atoms with Crippen LogP contribution in [0.5, 0.6) is 0 Å². The van der Waals surface area contributed by atoms with E-state index in [1.54, 1.807) is 13.0 Å². The van der Waals surface area contributed by atoms with Gasteiger partial charge in [0.05, 0.1) is 0 Å².